The maximum absolute atomic E-state index is 12.9. The molecule has 0 saturated heterocycles. The maximum atomic E-state index is 12.9. The molecule has 0 amide bonds. The standard InChI is InChI=1S/C71H134O6/c1-4-7-10-13-16-19-22-25-27-29-31-33-35-37-39-41-43-46-49-52-55-58-61-64-70(73)76-67-68(66-75-69(72)63-60-57-54-51-48-45-24-21-18-15-12-9-6-3)77-71(74)65-62-59-56-53-50-47-44-42-40-38-36-34-32-30-28-26-23-20-17-14-11-8-5-2/h21,24,29,31,68H,4-20,22-23,25-28,30,32-67H2,1-3H3/b24-21-,31-29-. The average molecular weight is 1080 g/mol. The molecule has 0 aromatic rings. The fourth-order valence-corrected chi connectivity index (χ4v) is 10.7. The lowest BCUT2D eigenvalue weighted by molar-refractivity contribution is -0.167. The molecule has 0 aromatic carbocycles. The van der Waals surface area contributed by atoms with Crippen LogP contribution < -0.4 is 0 Å². The van der Waals surface area contributed by atoms with E-state index in [1.807, 2.05) is 0 Å². The molecule has 0 spiro atoms. The van der Waals surface area contributed by atoms with E-state index < -0.39 is 6.10 Å². The van der Waals surface area contributed by atoms with Gasteiger partial charge in [0, 0.05) is 19.3 Å². The van der Waals surface area contributed by atoms with Crippen LogP contribution in [-0.2, 0) is 28.6 Å². The third-order valence-electron chi connectivity index (χ3n) is 15.9. The van der Waals surface area contributed by atoms with Crippen molar-refractivity contribution in [1.82, 2.24) is 0 Å². The third-order valence-corrected chi connectivity index (χ3v) is 15.9. The Hall–Kier alpha value is -2.11. The molecule has 1 atom stereocenters. The molecule has 0 N–H and O–H groups in total. The lowest BCUT2D eigenvalue weighted by Crippen LogP contribution is -2.30. The fourth-order valence-electron chi connectivity index (χ4n) is 10.7. The van der Waals surface area contributed by atoms with Crippen LogP contribution in [0.15, 0.2) is 24.3 Å². The highest BCUT2D eigenvalue weighted by atomic mass is 16.6. The molecule has 0 fully saturated rings. The Morgan fingerprint density at radius 1 is 0.247 bits per heavy atom. The monoisotopic (exact) mass is 1080 g/mol. The molecule has 0 aliphatic carbocycles. The Morgan fingerprint density at radius 2 is 0.429 bits per heavy atom. The Kier molecular flexibility index (Phi) is 64.6. The second kappa shape index (κ2) is 66.4. The number of ether oxygens (including phenoxy) is 3. The molecule has 0 aliphatic rings. The minimum absolute atomic E-state index is 0.0690. The van der Waals surface area contributed by atoms with Crippen molar-refractivity contribution in [2.24, 2.45) is 0 Å². The zero-order valence-corrected chi connectivity index (χ0v) is 52.3. The Balaban J connectivity index is 4.23. The predicted octanol–water partition coefficient (Wildman–Crippen LogP) is 23.8. The van der Waals surface area contributed by atoms with Gasteiger partial charge in [-0.3, -0.25) is 14.4 Å². The number of allylic oxidation sites excluding steroid dienone is 4. The van der Waals surface area contributed by atoms with Crippen molar-refractivity contribution in [3.05, 3.63) is 24.3 Å². The quantitative estimate of drug-likeness (QED) is 0.0261. The molecule has 0 aromatic heterocycles. The number of esters is 3. The molecule has 0 radical (unpaired) electrons. The van der Waals surface area contributed by atoms with Gasteiger partial charge in [0.2, 0.25) is 0 Å². The van der Waals surface area contributed by atoms with Crippen molar-refractivity contribution < 1.29 is 28.6 Å². The number of hydrogen-bond acceptors (Lipinski definition) is 6. The number of carbonyl (C=O) groups excluding carboxylic acids is 3. The van der Waals surface area contributed by atoms with E-state index in [1.54, 1.807) is 0 Å². The summed E-state index contributed by atoms with van der Waals surface area (Å²) in [6.07, 6.45) is 80.6. The number of rotatable bonds is 65. The summed E-state index contributed by atoms with van der Waals surface area (Å²) in [6.45, 7) is 6.70. The van der Waals surface area contributed by atoms with Gasteiger partial charge < -0.3 is 14.2 Å². The van der Waals surface area contributed by atoms with Crippen molar-refractivity contribution in [3.63, 3.8) is 0 Å². The van der Waals surface area contributed by atoms with E-state index in [-0.39, 0.29) is 31.1 Å². The molecule has 454 valence electrons. The minimum atomic E-state index is -0.772. The number of unbranched alkanes of at least 4 members (excludes halogenated alkanes) is 50. The van der Waals surface area contributed by atoms with E-state index in [1.165, 1.54) is 289 Å². The molecule has 0 bridgehead atoms. The highest BCUT2D eigenvalue weighted by molar-refractivity contribution is 5.71. The lowest BCUT2D eigenvalue weighted by Gasteiger charge is -2.18. The molecule has 0 heterocycles. The largest absolute Gasteiger partial charge is 0.462 e. The molecule has 0 rings (SSSR count). The van der Waals surface area contributed by atoms with E-state index in [2.05, 4.69) is 45.1 Å². The predicted molar refractivity (Wildman–Crippen MR) is 335 cm³/mol. The van der Waals surface area contributed by atoms with Crippen molar-refractivity contribution in [2.45, 2.75) is 399 Å². The van der Waals surface area contributed by atoms with Gasteiger partial charge in [-0.2, -0.15) is 0 Å². The summed E-state index contributed by atoms with van der Waals surface area (Å²) in [5.74, 6) is -0.848. The second-order valence-corrected chi connectivity index (χ2v) is 23.8. The van der Waals surface area contributed by atoms with Crippen LogP contribution in [0, 0.1) is 0 Å². The van der Waals surface area contributed by atoms with E-state index >= 15 is 0 Å². The van der Waals surface area contributed by atoms with Crippen LogP contribution in [0.3, 0.4) is 0 Å². The Labute approximate surface area is 481 Å². The molecule has 77 heavy (non-hydrogen) atoms. The van der Waals surface area contributed by atoms with Gasteiger partial charge in [-0.15, -0.1) is 0 Å². The van der Waals surface area contributed by atoms with Crippen molar-refractivity contribution in [3.8, 4) is 0 Å². The smallest absolute Gasteiger partial charge is 0.306 e. The van der Waals surface area contributed by atoms with Crippen LogP contribution >= 0.6 is 0 Å². The van der Waals surface area contributed by atoms with E-state index in [0.29, 0.717) is 19.3 Å². The van der Waals surface area contributed by atoms with Crippen LogP contribution in [0.4, 0.5) is 0 Å². The van der Waals surface area contributed by atoms with Crippen LogP contribution in [0.1, 0.15) is 393 Å². The second-order valence-electron chi connectivity index (χ2n) is 23.8. The molecule has 1 unspecified atom stereocenters. The van der Waals surface area contributed by atoms with Gasteiger partial charge in [-0.05, 0) is 70.6 Å². The number of hydrogen-bond donors (Lipinski definition) is 0. The van der Waals surface area contributed by atoms with Gasteiger partial charge in [0.05, 0.1) is 0 Å². The first kappa shape index (κ1) is 74.9. The summed E-state index contributed by atoms with van der Waals surface area (Å²) in [4.78, 5) is 38.4. The first-order valence-electron chi connectivity index (χ1n) is 34.8. The SMILES string of the molecule is CCCCCC/C=C\CCCCCCCC(=O)OCC(COC(=O)CCCCCCCCCCCCC/C=C\CCCCCCCCCC)OC(=O)CCCCCCCCCCCCCCCCCCCCCCCCC. The number of carbonyl (C=O) groups is 3. The zero-order chi connectivity index (χ0) is 55.7. The highest BCUT2D eigenvalue weighted by Crippen LogP contribution is 2.18. The zero-order valence-electron chi connectivity index (χ0n) is 52.3. The Morgan fingerprint density at radius 3 is 0.662 bits per heavy atom. The van der Waals surface area contributed by atoms with Crippen LogP contribution in [0.5, 0.6) is 0 Å². The Bertz CT molecular complexity index is 1240. The summed E-state index contributed by atoms with van der Waals surface area (Å²) in [6, 6.07) is 0. The van der Waals surface area contributed by atoms with Gasteiger partial charge in [0.25, 0.3) is 0 Å². The minimum Gasteiger partial charge on any atom is -0.462 e. The molecular formula is C71H134O6. The molecule has 0 aliphatic heterocycles. The van der Waals surface area contributed by atoms with Crippen LogP contribution in [0.2, 0.25) is 0 Å². The van der Waals surface area contributed by atoms with Crippen molar-refractivity contribution in [2.75, 3.05) is 13.2 Å². The topological polar surface area (TPSA) is 78.9 Å². The van der Waals surface area contributed by atoms with Gasteiger partial charge in [0.15, 0.2) is 6.10 Å². The molecule has 6 heteroatoms. The van der Waals surface area contributed by atoms with E-state index in [9.17, 15) is 14.4 Å². The highest BCUT2D eigenvalue weighted by Gasteiger charge is 2.19. The van der Waals surface area contributed by atoms with Crippen molar-refractivity contribution in [1.29, 1.82) is 0 Å². The van der Waals surface area contributed by atoms with Gasteiger partial charge in [-0.1, -0.05) is 328 Å². The van der Waals surface area contributed by atoms with Gasteiger partial charge in [0.1, 0.15) is 13.2 Å². The van der Waals surface area contributed by atoms with E-state index in [0.717, 1.165) is 64.2 Å². The van der Waals surface area contributed by atoms with Gasteiger partial charge in [-0.25, -0.2) is 0 Å². The van der Waals surface area contributed by atoms with Crippen molar-refractivity contribution >= 4 is 17.9 Å². The maximum Gasteiger partial charge on any atom is 0.306 e. The average Bonchev–Trinajstić information content (AvgIpc) is 3.43. The fraction of sp³-hybridized carbons (Fsp3) is 0.901. The summed E-state index contributed by atoms with van der Waals surface area (Å²) < 4.78 is 17.0. The summed E-state index contributed by atoms with van der Waals surface area (Å²) >= 11 is 0. The van der Waals surface area contributed by atoms with Gasteiger partial charge >= 0.3 is 17.9 Å². The summed E-state index contributed by atoms with van der Waals surface area (Å²) in [7, 11) is 0. The van der Waals surface area contributed by atoms with Crippen LogP contribution in [-0.4, -0.2) is 37.2 Å². The molecular weight excluding hydrogens is 949 g/mol. The lowest BCUT2D eigenvalue weighted by atomic mass is 10.0. The van der Waals surface area contributed by atoms with Crippen LogP contribution in [0.25, 0.3) is 0 Å². The summed E-state index contributed by atoms with van der Waals surface area (Å²) in [5.41, 5.74) is 0. The first-order chi connectivity index (χ1) is 38.0. The van der Waals surface area contributed by atoms with E-state index in [4.69, 9.17) is 14.2 Å². The first-order valence-corrected chi connectivity index (χ1v) is 34.8. The molecule has 6 nitrogen and oxygen atoms in total. The third kappa shape index (κ3) is 64.6. The normalized spacial score (nSPS) is 12.1. The molecule has 0 saturated carbocycles. The summed E-state index contributed by atoms with van der Waals surface area (Å²) in [5, 5.41) is 0.